The largest absolute Gasteiger partial charge is 0.490 e. The van der Waals surface area contributed by atoms with Crippen LogP contribution in [0.1, 0.15) is 37.7 Å². The Morgan fingerprint density at radius 3 is 2.84 bits per heavy atom. The summed E-state index contributed by atoms with van der Waals surface area (Å²) in [5.74, 6) is 1.60. The molecule has 1 aliphatic heterocycles. The van der Waals surface area contributed by atoms with E-state index < -0.39 is 0 Å². The molecule has 0 spiro atoms. The first-order valence-corrected chi connectivity index (χ1v) is 7.32. The summed E-state index contributed by atoms with van der Waals surface area (Å²) in [6, 6.07) is 4.73. The lowest BCUT2D eigenvalue weighted by molar-refractivity contribution is 0.115. The highest BCUT2D eigenvalue weighted by atomic mass is 19.1. The van der Waals surface area contributed by atoms with Gasteiger partial charge >= 0.3 is 0 Å². The van der Waals surface area contributed by atoms with Crippen LogP contribution in [0.25, 0.3) is 0 Å². The Hall–Kier alpha value is -1.09. The number of rotatable bonds is 4. The molecule has 2 unspecified atom stereocenters. The molecule has 1 saturated carbocycles. The van der Waals surface area contributed by atoms with Crippen LogP contribution in [0.3, 0.4) is 0 Å². The smallest absolute Gasteiger partial charge is 0.123 e. The SMILES string of the molecule is OCC(CC1Cc2cc(F)ccc2O1)C1CCCC1. The molecule has 3 heteroatoms. The molecule has 104 valence electrons. The first-order chi connectivity index (χ1) is 9.26. The van der Waals surface area contributed by atoms with Gasteiger partial charge in [-0.05, 0) is 36.5 Å². The Bertz CT molecular complexity index is 440. The normalized spacial score (nSPS) is 24.2. The molecule has 2 atom stereocenters. The summed E-state index contributed by atoms with van der Waals surface area (Å²) in [6.07, 6.45) is 6.82. The number of hydrogen-bond acceptors (Lipinski definition) is 2. The van der Waals surface area contributed by atoms with Gasteiger partial charge in [-0.3, -0.25) is 0 Å². The van der Waals surface area contributed by atoms with Gasteiger partial charge in [0.15, 0.2) is 0 Å². The van der Waals surface area contributed by atoms with Crippen molar-refractivity contribution in [1.82, 2.24) is 0 Å². The molecule has 3 rings (SSSR count). The first-order valence-electron chi connectivity index (χ1n) is 7.32. The average Bonchev–Trinajstić information content (AvgIpc) is 3.04. The lowest BCUT2D eigenvalue weighted by atomic mass is 9.86. The summed E-state index contributed by atoms with van der Waals surface area (Å²) in [4.78, 5) is 0. The molecule has 1 N–H and O–H groups in total. The molecule has 2 aliphatic rings. The van der Waals surface area contributed by atoms with Crippen LogP contribution in [-0.4, -0.2) is 17.8 Å². The molecule has 1 heterocycles. The van der Waals surface area contributed by atoms with Gasteiger partial charge in [-0.15, -0.1) is 0 Å². The highest BCUT2D eigenvalue weighted by molar-refractivity contribution is 5.37. The lowest BCUT2D eigenvalue weighted by Gasteiger charge is -2.24. The van der Waals surface area contributed by atoms with Crippen LogP contribution in [0.5, 0.6) is 5.75 Å². The molecule has 0 amide bonds. The van der Waals surface area contributed by atoms with Crippen LogP contribution in [0, 0.1) is 17.7 Å². The van der Waals surface area contributed by atoms with E-state index in [1.165, 1.54) is 31.7 Å². The van der Waals surface area contributed by atoms with E-state index in [-0.39, 0.29) is 18.5 Å². The molecule has 0 aromatic heterocycles. The second kappa shape index (κ2) is 5.49. The standard InChI is InChI=1S/C16H21FO2/c17-14-5-6-16-12(7-14)8-15(19-16)9-13(10-18)11-3-1-2-4-11/h5-7,11,13,15,18H,1-4,8-10H2. The predicted octanol–water partition coefficient (Wildman–Crippen LogP) is 3.32. The third-order valence-corrected chi connectivity index (χ3v) is 4.63. The zero-order valence-electron chi connectivity index (χ0n) is 11.1. The summed E-state index contributed by atoms with van der Waals surface area (Å²) in [7, 11) is 0. The zero-order valence-corrected chi connectivity index (χ0v) is 11.1. The van der Waals surface area contributed by atoms with E-state index in [1.54, 1.807) is 12.1 Å². The number of hydrogen-bond donors (Lipinski definition) is 1. The number of aliphatic hydroxyl groups is 1. The number of aliphatic hydroxyl groups excluding tert-OH is 1. The van der Waals surface area contributed by atoms with Crippen molar-refractivity contribution in [2.75, 3.05) is 6.61 Å². The maximum atomic E-state index is 13.2. The van der Waals surface area contributed by atoms with Crippen molar-refractivity contribution < 1.29 is 14.2 Å². The average molecular weight is 264 g/mol. The van der Waals surface area contributed by atoms with Crippen molar-refractivity contribution in [3.63, 3.8) is 0 Å². The first kappa shape index (κ1) is 12.9. The quantitative estimate of drug-likeness (QED) is 0.904. The van der Waals surface area contributed by atoms with E-state index in [0.717, 1.165) is 24.2 Å². The Labute approximate surface area is 113 Å². The molecular formula is C16H21FO2. The van der Waals surface area contributed by atoms with E-state index in [0.29, 0.717) is 11.8 Å². The lowest BCUT2D eigenvalue weighted by Crippen LogP contribution is -2.25. The third kappa shape index (κ3) is 2.76. The fourth-order valence-electron chi connectivity index (χ4n) is 3.60. The van der Waals surface area contributed by atoms with E-state index in [4.69, 9.17) is 4.74 Å². The summed E-state index contributed by atoms with van der Waals surface area (Å²) in [5.41, 5.74) is 0.966. The Balaban J connectivity index is 1.62. The molecule has 19 heavy (non-hydrogen) atoms. The van der Waals surface area contributed by atoms with E-state index in [2.05, 4.69) is 0 Å². The molecule has 0 saturated heterocycles. The van der Waals surface area contributed by atoms with Crippen molar-refractivity contribution in [1.29, 1.82) is 0 Å². The molecule has 1 fully saturated rings. The van der Waals surface area contributed by atoms with Gasteiger partial charge in [0.25, 0.3) is 0 Å². The van der Waals surface area contributed by atoms with Crippen LogP contribution >= 0.6 is 0 Å². The number of fused-ring (bicyclic) bond motifs is 1. The predicted molar refractivity (Wildman–Crippen MR) is 71.7 cm³/mol. The number of ether oxygens (including phenoxy) is 1. The van der Waals surface area contributed by atoms with Crippen LogP contribution in [0.4, 0.5) is 4.39 Å². The molecule has 1 aliphatic carbocycles. The van der Waals surface area contributed by atoms with Crippen molar-refractivity contribution in [2.45, 2.75) is 44.6 Å². The third-order valence-electron chi connectivity index (χ3n) is 4.63. The number of halogens is 1. The molecule has 0 bridgehead atoms. The minimum Gasteiger partial charge on any atom is -0.490 e. The van der Waals surface area contributed by atoms with Crippen molar-refractivity contribution >= 4 is 0 Å². The van der Waals surface area contributed by atoms with Gasteiger partial charge in [0.2, 0.25) is 0 Å². The van der Waals surface area contributed by atoms with Gasteiger partial charge in [0.1, 0.15) is 17.7 Å². The second-order valence-electron chi connectivity index (χ2n) is 5.92. The fraction of sp³-hybridized carbons (Fsp3) is 0.625. The Morgan fingerprint density at radius 2 is 2.11 bits per heavy atom. The minimum absolute atomic E-state index is 0.106. The van der Waals surface area contributed by atoms with Crippen LogP contribution < -0.4 is 4.74 Å². The van der Waals surface area contributed by atoms with Crippen LogP contribution in [0.15, 0.2) is 18.2 Å². The molecule has 0 radical (unpaired) electrons. The van der Waals surface area contributed by atoms with Gasteiger partial charge in [0.05, 0.1) is 0 Å². The van der Waals surface area contributed by atoms with Gasteiger partial charge in [-0.2, -0.15) is 0 Å². The van der Waals surface area contributed by atoms with Crippen molar-refractivity contribution in [3.05, 3.63) is 29.6 Å². The second-order valence-corrected chi connectivity index (χ2v) is 5.92. The summed E-state index contributed by atoms with van der Waals surface area (Å²) in [5, 5.41) is 9.59. The summed E-state index contributed by atoms with van der Waals surface area (Å²) < 4.78 is 19.0. The minimum atomic E-state index is -0.197. The zero-order chi connectivity index (χ0) is 13.2. The van der Waals surface area contributed by atoms with E-state index in [9.17, 15) is 9.50 Å². The summed E-state index contributed by atoms with van der Waals surface area (Å²) >= 11 is 0. The molecule has 2 nitrogen and oxygen atoms in total. The highest BCUT2D eigenvalue weighted by Gasteiger charge is 2.31. The van der Waals surface area contributed by atoms with E-state index >= 15 is 0 Å². The maximum absolute atomic E-state index is 13.2. The topological polar surface area (TPSA) is 29.5 Å². The monoisotopic (exact) mass is 264 g/mol. The summed E-state index contributed by atoms with van der Waals surface area (Å²) in [6.45, 7) is 0.245. The maximum Gasteiger partial charge on any atom is 0.123 e. The van der Waals surface area contributed by atoms with E-state index in [1.807, 2.05) is 0 Å². The highest BCUT2D eigenvalue weighted by Crippen LogP contribution is 2.37. The van der Waals surface area contributed by atoms with Gasteiger partial charge in [-0.25, -0.2) is 4.39 Å². The molecular weight excluding hydrogens is 243 g/mol. The fourth-order valence-corrected chi connectivity index (χ4v) is 3.60. The van der Waals surface area contributed by atoms with Gasteiger partial charge in [-0.1, -0.05) is 25.7 Å². The van der Waals surface area contributed by atoms with Crippen LogP contribution in [0.2, 0.25) is 0 Å². The van der Waals surface area contributed by atoms with Gasteiger partial charge < -0.3 is 9.84 Å². The van der Waals surface area contributed by atoms with Crippen molar-refractivity contribution in [2.24, 2.45) is 11.8 Å². The molecule has 1 aromatic rings. The van der Waals surface area contributed by atoms with Crippen LogP contribution in [-0.2, 0) is 6.42 Å². The molecule has 1 aromatic carbocycles. The number of benzene rings is 1. The van der Waals surface area contributed by atoms with Gasteiger partial charge in [0, 0.05) is 18.6 Å². The Kier molecular flexibility index (Phi) is 3.74. The Morgan fingerprint density at radius 1 is 1.32 bits per heavy atom. The van der Waals surface area contributed by atoms with Crippen molar-refractivity contribution in [3.8, 4) is 5.75 Å².